The van der Waals surface area contributed by atoms with Gasteiger partial charge in [0.2, 0.25) is 0 Å². The Hall–Kier alpha value is -2.17. The SMILES string of the molecule is O=Cc1ncccc1-c1cccc(C(F)(F)F)c1. The van der Waals surface area contributed by atoms with E-state index in [4.69, 9.17) is 0 Å². The van der Waals surface area contributed by atoms with Gasteiger partial charge in [0.05, 0.1) is 5.56 Å². The molecule has 2 aromatic rings. The lowest BCUT2D eigenvalue weighted by Gasteiger charge is -2.09. The molecular formula is C13H8F3NO. The minimum Gasteiger partial charge on any atom is -0.296 e. The fraction of sp³-hybridized carbons (Fsp3) is 0.0769. The highest BCUT2D eigenvalue weighted by atomic mass is 19.4. The number of alkyl halides is 3. The summed E-state index contributed by atoms with van der Waals surface area (Å²) in [5, 5.41) is 0. The van der Waals surface area contributed by atoms with Crippen LogP contribution in [0.25, 0.3) is 11.1 Å². The number of hydrogen-bond donors (Lipinski definition) is 0. The summed E-state index contributed by atoms with van der Waals surface area (Å²) in [4.78, 5) is 14.6. The van der Waals surface area contributed by atoms with Crippen molar-refractivity contribution >= 4 is 6.29 Å². The van der Waals surface area contributed by atoms with Gasteiger partial charge in [-0.25, -0.2) is 0 Å². The van der Waals surface area contributed by atoms with Gasteiger partial charge in [-0.3, -0.25) is 9.78 Å². The Morgan fingerprint density at radius 1 is 1.11 bits per heavy atom. The maximum Gasteiger partial charge on any atom is 0.416 e. The molecule has 2 nitrogen and oxygen atoms in total. The number of carbonyl (C=O) groups excluding carboxylic acids is 1. The largest absolute Gasteiger partial charge is 0.416 e. The van der Waals surface area contributed by atoms with Crippen molar-refractivity contribution in [3.8, 4) is 11.1 Å². The van der Waals surface area contributed by atoms with Crippen LogP contribution in [-0.4, -0.2) is 11.3 Å². The van der Waals surface area contributed by atoms with Gasteiger partial charge in [-0.15, -0.1) is 0 Å². The van der Waals surface area contributed by atoms with E-state index in [1.807, 2.05) is 0 Å². The number of aldehydes is 1. The smallest absolute Gasteiger partial charge is 0.296 e. The van der Waals surface area contributed by atoms with Gasteiger partial charge in [-0.1, -0.05) is 18.2 Å². The lowest BCUT2D eigenvalue weighted by atomic mass is 10.0. The highest BCUT2D eigenvalue weighted by Crippen LogP contribution is 2.32. The van der Waals surface area contributed by atoms with Crippen LogP contribution in [0.4, 0.5) is 13.2 Å². The van der Waals surface area contributed by atoms with Crippen LogP contribution >= 0.6 is 0 Å². The third kappa shape index (κ3) is 2.40. The number of aromatic nitrogens is 1. The molecule has 0 radical (unpaired) electrons. The summed E-state index contributed by atoms with van der Waals surface area (Å²) in [6.07, 6.45) is -2.46. The third-order valence-electron chi connectivity index (χ3n) is 2.45. The van der Waals surface area contributed by atoms with E-state index < -0.39 is 11.7 Å². The molecule has 1 heterocycles. The molecule has 0 saturated carbocycles. The van der Waals surface area contributed by atoms with Gasteiger partial charge in [0.25, 0.3) is 0 Å². The average Bonchev–Trinajstić information content (AvgIpc) is 2.38. The second-order valence-corrected chi connectivity index (χ2v) is 3.63. The maximum atomic E-state index is 12.6. The predicted molar refractivity (Wildman–Crippen MR) is 60.1 cm³/mol. The summed E-state index contributed by atoms with van der Waals surface area (Å²) in [6, 6.07) is 7.94. The Kier molecular flexibility index (Phi) is 3.14. The summed E-state index contributed by atoms with van der Waals surface area (Å²) in [5.41, 5.74) is 0.0798. The van der Waals surface area contributed by atoms with E-state index in [9.17, 15) is 18.0 Å². The van der Waals surface area contributed by atoms with Crippen molar-refractivity contribution in [3.05, 3.63) is 53.9 Å². The molecule has 2 rings (SSSR count). The summed E-state index contributed by atoms with van der Waals surface area (Å²) in [6.45, 7) is 0. The fourth-order valence-electron chi connectivity index (χ4n) is 1.62. The molecule has 0 aliphatic carbocycles. The molecule has 92 valence electrons. The number of pyridine rings is 1. The average molecular weight is 251 g/mol. The number of hydrogen-bond acceptors (Lipinski definition) is 2. The summed E-state index contributed by atoms with van der Waals surface area (Å²) < 4.78 is 37.7. The van der Waals surface area contributed by atoms with Crippen LogP contribution in [0, 0.1) is 0 Å². The first-order valence-corrected chi connectivity index (χ1v) is 5.10. The predicted octanol–water partition coefficient (Wildman–Crippen LogP) is 3.58. The quantitative estimate of drug-likeness (QED) is 0.763. The molecule has 0 N–H and O–H groups in total. The molecule has 18 heavy (non-hydrogen) atoms. The first-order chi connectivity index (χ1) is 8.52. The molecular weight excluding hydrogens is 243 g/mol. The minimum absolute atomic E-state index is 0.122. The number of carbonyl (C=O) groups is 1. The minimum atomic E-state index is -4.40. The van der Waals surface area contributed by atoms with Crippen molar-refractivity contribution in [2.45, 2.75) is 6.18 Å². The van der Waals surface area contributed by atoms with Crippen molar-refractivity contribution < 1.29 is 18.0 Å². The second-order valence-electron chi connectivity index (χ2n) is 3.63. The van der Waals surface area contributed by atoms with Crippen LogP contribution in [0.1, 0.15) is 16.1 Å². The summed E-state index contributed by atoms with van der Waals surface area (Å²) in [5.74, 6) is 0. The first-order valence-electron chi connectivity index (χ1n) is 5.10. The number of nitrogens with zero attached hydrogens (tertiary/aromatic N) is 1. The molecule has 0 bridgehead atoms. The van der Waals surface area contributed by atoms with Crippen molar-refractivity contribution in [3.63, 3.8) is 0 Å². The highest BCUT2D eigenvalue weighted by Gasteiger charge is 2.30. The lowest BCUT2D eigenvalue weighted by Crippen LogP contribution is -2.04. The molecule has 0 aliphatic rings. The Balaban J connectivity index is 2.55. The topological polar surface area (TPSA) is 30.0 Å². The number of rotatable bonds is 2. The van der Waals surface area contributed by atoms with E-state index >= 15 is 0 Å². The Bertz CT molecular complexity index is 578. The normalized spacial score (nSPS) is 11.3. The lowest BCUT2D eigenvalue weighted by molar-refractivity contribution is -0.137. The van der Waals surface area contributed by atoms with Crippen molar-refractivity contribution in [1.82, 2.24) is 4.98 Å². The molecule has 1 aromatic heterocycles. The van der Waals surface area contributed by atoms with Gasteiger partial charge >= 0.3 is 6.18 Å². The van der Waals surface area contributed by atoms with E-state index in [1.165, 1.54) is 18.3 Å². The summed E-state index contributed by atoms with van der Waals surface area (Å²) in [7, 11) is 0. The fourth-order valence-corrected chi connectivity index (χ4v) is 1.62. The molecule has 0 aliphatic heterocycles. The Labute approximate surface area is 101 Å². The van der Waals surface area contributed by atoms with Crippen LogP contribution in [0.5, 0.6) is 0 Å². The zero-order valence-corrected chi connectivity index (χ0v) is 9.11. The molecule has 0 spiro atoms. The standard InChI is InChI=1S/C13H8F3NO/c14-13(15,16)10-4-1-3-9(7-10)11-5-2-6-17-12(11)8-18/h1-8H. The second kappa shape index (κ2) is 4.60. The Morgan fingerprint density at radius 2 is 1.89 bits per heavy atom. The van der Waals surface area contributed by atoms with Gasteiger partial charge in [0.15, 0.2) is 6.29 Å². The van der Waals surface area contributed by atoms with Crippen molar-refractivity contribution in [1.29, 1.82) is 0 Å². The summed E-state index contributed by atoms with van der Waals surface area (Å²) >= 11 is 0. The maximum absolute atomic E-state index is 12.6. The van der Waals surface area contributed by atoms with Crippen LogP contribution in [0.15, 0.2) is 42.6 Å². The van der Waals surface area contributed by atoms with E-state index in [0.717, 1.165) is 12.1 Å². The van der Waals surface area contributed by atoms with E-state index in [-0.39, 0.29) is 5.69 Å². The monoisotopic (exact) mass is 251 g/mol. The van der Waals surface area contributed by atoms with E-state index in [2.05, 4.69) is 4.98 Å². The van der Waals surface area contributed by atoms with Crippen LogP contribution in [0.3, 0.4) is 0 Å². The van der Waals surface area contributed by atoms with Crippen molar-refractivity contribution in [2.75, 3.05) is 0 Å². The van der Waals surface area contributed by atoms with Gasteiger partial charge in [0.1, 0.15) is 5.69 Å². The number of benzene rings is 1. The van der Waals surface area contributed by atoms with Gasteiger partial charge in [-0.2, -0.15) is 13.2 Å². The van der Waals surface area contributed by atoms with E-state index in [1.54, 1.807) is 12.1 Å². The molecule has 0 amide bonds. The molecule has 1 aromatic carbocycles. The molecule has 5 heteroatoms. The first kappa shape index (κ1) is 12.3. The zero-order chi connectivity index (χ0) is 13.2. The molecule has 0 saturated heterocycles. The molecule has 0 fully saturated rings. The van der Waals surface area contributed by atoms with Crippen LogP contribution in [-0.2, 0) is 6.18 Å². The van der Waals surface area contributed by atoms with Gasteiger partial charge in [0, 0.05) is 11.8 Å². The molecule has 0 unspecified atom stereocenters. The van der Waals surface area contributed by atoms with Crippen LogP contribution in [0.2, 0.25) is 0 Å². The zero-order valence-electron chi connectivity index (χ0n) is 9.11. The van der Waals surface area contributed by atoms with Crippen molar-refractivity contribution in [2.24, 2.45) is 0 Å². The number of halogens is 3. The molecule has 0 atom stereocenters. The Morgan fingerprint density at radius 3 is 2.56 bits per heavy atom. The van der Waals surface area contributed by atoms with Crippen LogP contribution < -0.4 is 0 Å². The van der Waals surface area contributed by atoms with Gasteiger partial charge < -0.3 is 0 Å². The van der Waals surface area contributed by atoms with Gasteiger partial charge in [-0.05, 0) is 23.8 Å². The van der Waals surface area contributed by atoms with E-state index in [0.29, 0.717) is 17.4 Å². The highest BCUT2D eigenvalue weighted by molar-refractivity contribution is 5.85. The third-order valence-corrected chi connectivity index (χ3v) is 2.45.